The number of ketones is 1. The van der Waals surface area contributed by atoms with Crippen LogP contribution in [0.25, 0.3) is 0 Å². The maximum atomic E-state index is 12.7. The predicted molar refractivity (Wildman–Crippen MR) is 124 cm³/mol. The number of rotatable bonds is 9. The van der Waals surface area contributed by atoms with E-state index in [4.69, 9.17) is 9.47 Å². The molecule has 180 valence electrons. The second-order valence-corrected chi connectivity index (χ2v) is 10.4. The highest BCUT2D eigenvalue weighted by molar-refractivity contribution is 7.89. The first kappa shape index (κ1) is 25.1. The Morgan fingerprint density at radius 3 is 2.36 bits per heavy atom. The zero-order valence-corrected chi connectivity index (χ0v) is 20.4. The lowest BCUT2D eigenvalue weighted by atomic mass is 9.98. The first-order valence-corrected chi connectivity index (χ1v) is 12.5. The summed E-state index contributed by atoms with van der Waals surface area (Å²) in [7, 11) is -1.94. The number of carbonyl (C=O) groups is 2. The van der Waals surface area contributed by atoms with Crippen molar-refractivity contribution in [2.24, 2.45) is 5.92 Å². The van der Waals surface area contributed by atoms with Crippen molar-refractivity contribution in [1.29, 1.82) is 0 Å². The molecule has 1 fully saturated rings. The van der Waals surface area contributed by atoms with Crippen molar-refractivity contribution >= 4 is 21.8 Å². The van der Waals surface area contributed by atoms with Crippen molar-refractivity contribution in [3.63, 3.8) is 0 Å². The van der Waals surface area contributed by atoms with Gasteiger partial charge in [0.25, 0.3) is 0 Å². The van der Waals surface area contributed by atoms with Crippen LogP contribution in [0.5, 0.6) is 0 Å². The Balaban J connectivity index is 1.55. The maximum absolute atomic E-state index is 12.7. The summed E-state index contributed by atoms with van der Waals surface area (Å²) in [5, 5.41) is 0. The summed E-state index contributed by atoms with van der Waals surface area (Å²) in [4.78, 5) is 25.5. The summed E-state index contributed by atoms with van der Waals surface area (Å²) in [6.45, 7) is 6.49. The monoisotopic (exact) mass is 476 g/mol. The first-order valence-electron chi connectivity index (χ1n) is 11.1. The average molecular weight is 477 g/mol. The van der Waals surface area contributed by atoms with E-state index in [2.05, 4.69) is 0 Å². The van der Waals surface area contributed by atoms with Crippen LogP contribution in [0.1, 0.15) is 47.6 Å². The number of piperidine rings is 1. The van der Waals surface area contributed by atoms with Crippen molar-refractivity contribution in [2.75, 3.05) is 33.4 Å². The number of carbonyl (C=O) groups excluding carboxylic acids is 2. The summed E-state index contributed by atoms with van der Waals surface area (Å²) in [6.07, 6.45) is 0.726. The fraction of sp³-hybridized carbons (Fsp3) is 0.500. The Morgan fingerprint density at radius 1 is 1.12 bits per heavy atom. The second-order valence-electron chi connectivity index (χ2n) is 8.48. The molecular formula is C24H32N2O6S. The minimum Gasteiger partial charge on any atom is -0.457 e. The molecule has 1 unspecified atom stereocenters. The van der Waals surface area contributed by atoms with Crippen LogP contribution in [0, 0.1) is 19.8 Å². The van der Waals surface area contributed by atoms with Gasteiger partial charge in [-0.05, 0) is 51.8 Å². The number of methoxy groups -OCH3 is 1. The van der Waals surface area contributed by atoms with E-state index in [1.807, 2.05) is 31.4 Å². The number of hydrogen-bond acceptors (Lipinski definition) is 6. The van der Waals surface area contributed by atoms with Gasteiger partial charge in [-0.15, -0.1) is 0 Å². The van der Waals surface area contributed by atoms with Gasteiger partial charge in [-0.2, -0.15) is 4.31 Å². The smallest absolute Gasteiger partial charge is 0.309 e. The molecule has 0 bridgehead atoms. The Hall–Kier alpha value is -2.49. The van der Waals surface area contributed by atoms with Gasteiger partial charge in [0.1, 0.15) is 0 Å². The number of hydrogen-bond donors (Lipinski definition) is 0. The molecular weight excluding hydrogens is 444 g/mol. The minimum atomic E-state index is -3.57. The van der Waals surface area contributed by atoms with E-state index in [0.717, 1.165) is 11.4 Å². The summed E-state index contributed by atoms with van der Waals surface area (Å²) >= 11 is 0. The zero-order chi connectivity index (χ0) is 24.2. The Bertz CT molecular complexity index is 1090. The van der Waals surface area contributed by atoms with Crippen molar-refractivity contribution in [3.05, 3.63) is 53.3 Å². The highest BCUT2D eigenvalue weighted by Gasteiger charge is 2.33. The van der Waals surface area contributed by atoms with Gasteiger partial charge in [0.15, 0.2) is 6.61 Å². The van der Waals surface area contributed by atoms with Crippen LogP contribution < -0.4 is 0 Å². The topological polar surface area (TPSA) is 94.9 Å². The molecule has 1 aromatic carbocycles. The molecule has 2 aromatic rings. The lowest BCUT2D eigenvalue weighted by Gasteiger charge is -2.30. The SMILES string of the molecule is COCC(C)n1c(C)cc(C(=O)COC(=O)C2CCN(S(=O)(=O)c3ccccc3)CC2)c1C. The molecule has 0 aliphatic carbocycles. The number of benzene rings is 1. The summed E-state index contributed by atoms with van der Waals surface area (Å²) in [6, 6.07) is 10.2. The average Bonchev–Trinajstić information content (AvgIpc) is 3.12. The number of aryl methyl sites for hydroxylation is 1. The molecule has 0 saturated carbocycles. The minimum absolute atomic E-state index is 0.0800. The molecule has 33 heavy (non-hydrogen) atoms. The molecule has 2 heterocycles. The number of ether oxygens (including phenoxy) is 2. The van der Waals surface area contributed by atoms with Crippen molar-refractivity contribution in [2.45, 2.75) is 44.6 Å². The highest BCUT2D eigenvalue weighted by atomic mass is 32.2. The van der Waals surface area contributed by atoms with Crippen LogP contribution in [0.2, 0.25) is 0 Å². The van der Waals surface area contributed by atoms with Crippen LogP contribution in [0.15, 0.2) is 41.3 Å². The highest BCUT2D eigenvalue weighted by Crippen LogP contribution is 2.25. The lowest BCUT2D eigenvalue weighted by Crippen LogP contribution is -2.40. The Morgan fingerprint density at radius 2 is 1.76 bits per heavy atom. The van der Waals surface area contributed by atoms with Gasteiger partial charge in [-0.3, -0.25) is 9.59 Å². The van der Waals surface area contributed by atoms with Gasteiger partial charge in [-0.1, -0.05) is 18.2 Å². The molecule has 1 aliphatic heterocycles. The van der Waals surface area contributed by atoms with Gasteiger partial charge in [0.2, 0.25) is 15.8 Å². The Kier molecular flexibility index (Phi) is 8.10. The van der Waals surface area contributed by atoms with E-state index >= 15 is 0 Å². The van der Waals surface area contributed by atoms with E-state index in [-0.39, 0.29) is 36.4 Å². The molecule has 1 aliphatic rings. The molecule has 9 heteroatoms. The first-order chi connectivity index (χ1) is 15.7. The molecule has 1 saturated heterocycles. The quantitative estimate of drug-likeness (QED) is 0.408. The largest absolute Gasteiger partial charge is 0.457 e. The van der Waals surface area contributed by atoms with Gasteiger partial charge >= 0.3 is 5.97 Å². The van der Waals surface area contributed by atoms with Gasteiger partial charge in [-0.25, -0.2) is 8.42 Å². The fourth-order valence-electron chi connectivity index (χ4n) is 4.46. The number of esters is 1. The standard InChI is InChI=1S/C24H32N2O6S/c1-17-14-22(19(3)26(17)18(2)15-31-4)23(27)16-32-24(28)20-10-12-25(13-11-20)33(29,30)21-8-6-5-7-9-21/h5-9,14,18,20H,10-13,15-16H2,1-4H3. The predicted octanol–water partition coefficient (Wildman–Crippen LogP) is 3.14. The third-order valence-electron chi connectivity index (χ3n) is 6.15. The van der Waals surface area contributed by atoms with E-state index in [0.29, 0.717) is 25.0 Å². The number of nitrogens with zero attached hydrogens (tertiary/aromatic N) is 2. The van der Waals surface area contributed by atoms with Crippen LogP contribution in [-0.4, -0.2) is 62.5 Å². The number of sulfonamides is 1. The van der Waals surface area contributed by atoms with Crippen molar-refractivity contribution in [1.82, 2.24) is 8.87 Å². The number of aromatic nitrogens is 1. The normalized spacial score (nSPS) is 16.5. The maximum Gasteiger partial charge on any atom is 0.309 e. The van der Waals surface area contributed by atoms with Gasteiger partial charge < -0.3 is 14.0 Å². The van der Waals surface area contributed by atoms with Crippen LogP contribution in [0.4, 0.5) is 0 Å². The van der Waals surface area contributed by atoms with E-state index in [9.17, 15) is 18.0 Å². The number of Topliss-reactive ketones (excluding diaryl/α,β-unsaturated/α-hetero) is 1. The van der Waals surface area contributed by atoms with E-state index in [1.54, 1.807) is 37.4 Å². The van der Waals surface area contributed by atoms with Crippen LogP contribution in [0.3, 0.4) is 0 Å². The van der Waals surface area contributed by atoms with E-state index < -0.39 is 21.9 Å². The fourth-order valence-corrected chi connectivity index (χ4v) is 5.95. The molecule has 3 rings (SSSR count). The summed E-state index contributed by atoms with van der Waals surface area (Å²) in [5.74, 6) is -1.13. The molecule has 0 spiro atoms. The summed E-state index contributed by atoms with van der Waals surface area (Å²) in [5.41, 5.74) is 2.29. The van der Waals surface area contributed by atoms with Crippen molar-refractivity contribution < 1.29 is 27.5 Å². The molecule has 8 nitrogen and oxygen atoms in total. The molecule has 0 N–H and O–H groups in total. The molecule has 1 aromatic heterocycles. The third-order valence-corrected chi connectivity index (χ3v) is 8.06. The van der Waals surface area contributed by atoms with Gasteiger partial charge in [0.05, 0.1) is 23.5 Å². The second kappa shape index (κ2) is 10.6. The van der Waals surface area contributed by atoms with Gasteiger partial charge in [0, 0.05) is 37.2 Å². The molecule has 0 amide bonds. The molecule has 0 radical (unpaired) electrons. The Labute approximate surface area is 195 Å². The zero-order valence-electron chi connectivity index (χ0n) is 19.6. The molecule has 1 atom stereocenters. The lowest BCUT2D eigenvalue weighted by molar-refractivity contribution is -0.148. The summed E-state index contributed by atoms with van der Waals surface area (Å²) < 4.78 is 39.5. The van der Waals surface area contributed by atoms with Crippen molar-refractivity contribution in [3.8, 4) is 0 Å². The van der Waals surface area contributed by atoms with Crippen LogP contribution >= 0.6 is 0 Å². The third kappa shape index (κ3) is 5.54. The van der Waals surface area contributed by atoms with E-state index in [1.165, 1.54) is 4.31 Å². The van der Waals surface area contributed by atoms with Crippen LogP contribution in [-0.2, 0) is 24.3 Å².